The third kappa shape index (κ3) is 5.53. The van der Waals surface area contributed by atoms with Crippen LogP contribution < -0.4 is 10.6 Å². The molecule has 0 aliphatic carbocycles. The first-order chi connectivity index (χ1) is 13.5. The Morgan fingerprint density at radius 1 is 1.21 bits per heavy atom. The molecule has 9 heteroatoms. The number of aromatic nitrogens is 1. The van der Waals surface area contributed by atoms with Crippen LogP contribution in [0, 0.1) is 0 Å². The molecule has 3 heterocycles. The molecule has 0 bridgehead atoms. The van der Waals surface area contributed by atoms with Crippen LogP contribution >= 0.6 is 22.9 Å². The molecule has 2 aromatic heterocycles. The lowest BCUT2D eigenvalue weighted by molar-refractivity contribution is -0.127. The number of amides is 3. The second-order valence-electron chi connectivity index (χ2n) is 6.47. The van der Waals surface area contributed by atoms with E-state index in [0.29, 0.717) is 47.2 Å². The van der Waals surface area contributed by atoms with Crippen molar-refractivity contribution in [3.05, 3.63) is 40.4 Å². The fraction of sp³-hybridized carbons (Fsp3) is 0.368. The zero-order valence-electron chi connectivity index (χ0n) is 15.2. The van der Waals surface area contributed by atoms with Crippen molar-refractivity contribution in [1.29, 1.82) is 0 Å². The largest absolute Gasteiger partial charge is 0.343 e. The molecule has 3 amide bonds. The standard InChI is InChI=1S/C19H21ClN4O3S/c20-13-6-7-15(21-12-13)22-18(27)14-8-11-28-19(14)23-16(25)4-1-2-9-24-10-3-5-17(24)26/h6-8,11-12H,1-5,9-10H2,(H,23,25)(H,21,22,27). The lowest BCUT2D eigenvalue weighted by Gasteiger charge is -2.14. The van der Waals surface area contributed by atoms with E-state index in [1.54, 1.807) is 23.6 Å². The Kier molecular flexibility index (Phi) is 7.00. The van der Waals surface area contributed by atoms with Crippen LogP contribution in [0.4, 0.5) is 10.8 Å². The molecule has 7 nitrogen and oxygen atoms in total. The fourth-order valence-electron chi connectivity index (χ4n) is 2.94. The molecule has 0 saturated carbocycles. The summed E-state index contributed by atoms with van der Waals surface area (Å²) in [6.07, 6.45) is 4.84. The summed E-state index contributed by atoms with van der Waals surface area (Å²) < 4.78 is 0. The summed E-state index contributed by atoms with van der Waals surface area (Å²) in [6.45, 7) is 1.52. The van der Waals surface area contributed by atoms with E-state index < -0.39 is 0 Å². The summed E-state index contributed by atoms with van der Waals surface area (Å²) in [5.74, 6) is 0.0935. The number of rotatable bonds is 8. The Balaban J connectivity index is 1.46. The van der Waals surface area contributed by atoms with Crippen molar-refractivity contribution < 1.29 is 14.4 Å². The highest BCUT2D eigenvalue weighted by Gasteiger charge is 2.19. The van der Waals surface area contributed by atoms with E-state index in [4.69, 9.17) is 11.6 Å². The molecule has 0 radical (unpaired) electrons. The number of hydrogen-bond acceptors (Lipinski definition) is 5. The first-order valence-electron chi connectivity index (χ1n) is 9.11. The highest BCUT2D eigenvalue weighted by molar-refractivity contribution is 7.14. The van der Waals surface area contributed by atoms with Crippen LogP contribution in [0.2, 0.25) is 5.02 Å². The molecule has 1 saturated heterocycles. The van der Waals surface area contributed by atoms with E-state index in [9.17, 15) is 14.4 Å². The van der Waals surface area contributed by atoms with E-state index >= 15 is 0 Å². The lowest BCUT2D eigenvalue weighted by atomic mass is 10.2. The zero-order chi connectivity index (χ0) is 19.9. The fourth-order valence-corrected chi connectivity index (χ4v) is 3.85. The van der Waals surface area contributed by atoms with Gasteiger partial charge in [-0.3, -0.25) is 14.4 Å². The summed E-state index contributed by atoms with van der Waals surface area (Å²) in [7, 11) is 0. The van der Waals surface area contributed by atoms with Crippen LogP contribution in [0.5, 0.6) is 0 Å². The van der Waals surface area contributed by atoms with Crippen molar-refractivity contribution in [2.45, 2.75) is 32.1 Å². The highest BCUT2D eigenvalue weighted by Crippen LogP contribution is 2.24. The summed E-state index contributed by atoms with van der Waals surface area (Å²) in [4.78, 5) is 42.1. The van der Waals surface area contributed by atoms with Gasteiger partial charge in [0.05, 0.1) is 10.6 Å². The van der Waals surface area contributed by atoms with Crippen molar-refractivity contribution in [3.63, 3.8) is 0 Å². The van der Waals surface area contributed by atoms with Gasteiger partial charge in [-0.25, -0.2) is 4.98 Å². The monoisotopic (exact) mass is 420 g/mol. The van der Waals surface area contributed by atoms with Crippen LogP contribution in [-0.2, 0) is 9.59 Å². The Hall–Kier alpha value is -2.45. The summed E-state index contributed by atoms with van der Waals surface area (Å²) in [5, 5.41) is 8.22. The molecule has 1 aliphatic rings. The molecule has 0 spiro atoms. The van der Waals surface area contributed by atoms with Crippen LogP contribution in [0.1, 0.15) is 42.5 Å². The van der Waals surface area contributed by atoms with Crippen LogP contribution in [-0.4, -0.2) is 40.7 Å². The Labute approximate surface area is 172 Å². The smallest absolute Gasteiger partial charge is 0.259 e. The second-order valence-corrected chi connectivity index (χ2v) is 7.82. The van der Waals surface area contributed by atoms with Crippen molar-refractivity contribution in [2.75, 3.05) is 23.7 Å². The number of carbonyl (C=O) groups is 3. The number of nitrogens with zero attached hydrogens (tertiary/aromatic N) is 2. The average molecular weight is 421 g/mol. The van der Waals surface area contributed by atoms with E-state index in [0.717, 1.165) is 19.4 Å². The van der Waals surface area contributed by atoms with Crippen molar-refractivity contribution >= 4 is 51.5 Å². The number of nitrogens with one attached hydrogen (secondary N) is 2. The zero-order valence-corrected chi connectivity index (χ0v) is 16.8. The number of likely N-dealkylation sites (tertiary alicyclic amines) is 1. The maximum Gasteiger partial charge on any atom is 0.259 e. The summed E-state index contributed by atoms with van der Waals surface area (Å²) in [5.41, 5.74) is 0.387. The van der Waals surface area contributed by atoms with Gasteiger partial charge in [-0.2, -0.15) is 0 Å². The van der Waals surface area contributed by atoms with Crippen LogP contribution in [0.25, 0.3) is 0 Å². The summed E-state index contributed by atoms with van der Waals surface area (Å²) in [6, 6.07) is 4.90. The van der Waals surface area contributed by atoms with Gasteiger partial charge in [-0.15, -0.1) is 11.3 Å². The summed E-state index contributed by atoms with van der Waals surface area (Å²) >= 11 is 7.08. The van der Waals surface area contributed by atoms with Crippen molar-refractivity contribution in [2.24, 2.45) is 0 Å². The third-order valence-electron chi connectivity index (χ3n) is 4.39. The second kappa shape index (κ2) is 9.66. The number of hydrogen-bond donors (Lipinski definition) is 2. The van der Waals surface area contributed by atoms with Gasteiger partial charge in [-0.05, 0) is 42.8 Å². The molecule has 0 unspecified atom stereocenters. The molecular weight excluding hydrogens is 400 g/mol. The van der Waals surface area contributed by atoms with Crippen LogP contribution in [0.15, 0.2) is 29.8 Å². The number of halogens is 1. The maximum absolute atomic E-state index is 12.4. The molecule has 148 valence electrons. The average Bonchev–Trinajstić information content (AvgIpc) is 3.29. The Morgan fingerprint density at radius 2 is 2.07 bits per heavy atom. The number of thiophene rings is 1. The quantitative estimate of drug-likeness (QED) is 0.636. The number of anilines is 2. The molecular formula is C19H21ClN4O3S. The Morgan fingerprint density at radius 3 is 2.79 bits per heavy atom. The molecule has 2 aromatic rings. The van der Waals surface area contributed by atoms with E-state index in [2.05, 4.69) is 15.6 Å². The van der Waals surface area contributed by atoms with Gasteiger partial charge >= 0.3 is 0 Å². The van der Waals surface area contributed by atoms with Crippen molar-refractivity contribution in [1.82, 2.24) is 9.88 Å². The number of pyridine rings is 1. The molecule has 2 N–H and O–H groups in total. The topological polar surface area (TPSA) is 91.4 Å². The molecule has 0 atom stereocenters. The van der Waals surface area contributed by atoms with Gasteiger partial charge in [0.15, 0.2) is 0 Å². The minimum absolute atomic E-state index is 0.145. The molecule has 1 aliphatic heterocycles. The highest BCUT2D eigenvalue weighted by atomic mass is 35.5. The number of carbonyl (C=O) groups excluding carboxylic acids is 3. The lowest BCUT2D eigenvalue weighted by Crippen LogP contribution is -2.25. The van der Waals surface area contributed by atoms with Gasteiger partial charge in [0, 0.05) is 32.1 Å². The normalized spacial score (nSPS) is 13.6. The molecule has 1 fully saturated rings. The Bertz CT molecular complexity index is 853. The van der Waals surface area contributed by atoms with Gasteiger partial charge in [0.1, 0.15) is 10.8 Å². The van der Waals surface area contributed by atoms with E-state index in [1.807, 2.05) is 4.90 Å². The van der Waals surface area contributed by atoms with E-state index in [1.165, 1.54) is 17.5 Å². The first kappa shape index (κ1) is 20.3. The maximum atomic E-state index is 12.4. The first-order valence-corrected chi connectivity index (χ1v) is 10.4. The minimum Gasteiger partial charge on any atom is -0.343 e. The number of unbranched alkanes of at least 4 members (excludes halogenated alkanes) is 1. The molecule has 0 aromatic carbocycles. The van der Waals surface area contributed by atoms with Gasteiger partial charge < -0.3 is 15.5 Å². The van der Waals surface area contributed by atoms with Crippen LogP contribution in [0.3, 0.4) is 0 Å². The predicted octanol–water partition coefficient (Wildman–Crippen LogP) is 3.78. The molecule has 3 rings (SSSR count). The van der Waals surface area contributed by atoms with E-state index in [-0.39, 0.29) is 17.7 Å². The predicted molar refractivity (Wildman–Crippen MR) is 110 cm³/mol. The molecule has 28 heavy (non-hydrogen) atoms. The SMILES string of the molecule is O=C(CCCCN1CCCC1=O)Nc1sccc1C(=O)Nc1ccc(Cl)cn1. The van der Waals surface area contributed by atoms with Gasteiger partial charge in [-0.1, -0.05) is 11.6 Å². The minimum atomic E-state index is -0.348. The van der Waals surface area contributed by atoms with Crippen molar-refractivity contribution in [3.8, 4) is 0 Å². The van der Waals surface area contributed by atoms with Gasteiger partial charge in [0.25, 0.3) is 5.91 Å². The third-order valence-corrected chi connectivity index (χ3v) is 5.44. The van der Waals surface area contributed by atoms with Gasteiger partial charge in [0.2, 0.25) is 11.8 Å².